The number of nitro groups is 1. The monoisotopic (exact) mass is 450 g/mol. The lowest BCUT2D eigenvalue weighted by atomic mass is 9.93. The van der Waals surface area contributed by atoms with Gasteiger partial charge in [0.25, 0.3) is 5.69 Å². The molecule has 0 saturated carbocycles. The molecule has 1 fully saturated rings. The highest BCUT2D eigenvalue weighted by Crippen LogP contribution is 2.44. The van der Waals surface area contributed by atoms with E-state index in [1.54, 1.807) is 29.2 Å². The van der Waals surface area contributed by atoms with Gasteiger partial charge in [-0.1, -0.05) is 43.1 Å². The van der Waals surface area contributed by atoms with Gasteiger partial charge in [0.1, 0.15) is 5.92 Å². The highest BCUT2D eigenvalue weighted by molar-refractivity contribution is 6.42. The SMILES string of the molecule is CC1(C)COC(C2C(=O)N(Cc3ccc(Cl)c(Cl)c3)c3ccc([N+](=O)[O-])cc32)OC1. The standard InChI is InChI=1S/C21H20Cl2N2O5/c1-21(2)10-29-20(30-11-21)18-14-8-13(25(27)28)4-6-17(14)24(19(18)26)9-12-3-5-15(22)16(23)7-12/h3-8,18,20H,9-11H2,1-2H3. The predicted molar refractivity (Wildman–Crippen MR) is 113 cm³/mol. The van der Waals surface area contributed by atoms with Crippen LogP contribution in [0.25, 0.3) is 0 Å². The molecule has 2 aromatic carbocycles. The van der Waals surface area contributed by atoms with Crippen molar-refractivity contribution < 1.29 is 19.2 Å². The van der Waals surface area contributed by atoms with Crippen LogP contribution < -0.4 is 4.90 Å². The van der Waals surface area contributed by atoms with Crippen molar-refractivity contribution in [2.45, 2.75) is 32.6 Å². The maximum Gasteiger partial charge on any atom is 0.269 e. The van der Waals surface area contributed by atoms with Crippen LogP contribution in [0.15, 0.2) is 36.4 Å². The number of non-ortho nitro benzene ring substituents is 1. The molecular weight excluding hydrogens is 431 g/mol. The van der Waals surface area contributed by atoms with E-state index in [2.05, 4.69) is 0 Å². The van der Waals surface area contributed by atoms with Gasteiger partial charge in [-0.25, -0.2) is 0 Å². The van der Waals surface area contributed by atoms with Crippen LogP contribution in [0.2, 0.25) is 10.0 Å². The summed E-state index contributed by atoms with van der Waals surface area (Å²) in [4.78, 5) is 25.8. The smallest absolute Gasteiger partial charge is 0.269 e. The first-order valence-corrected chi connectivity index (χ1v) is 10.2. The molecule has 0 spiro atoms. The summed E-state index contributed by atoms with van der Waals surface area (Å²) in [5.74, 6) is -1.01. The van der Waals surface area contributed by atoms with Crippen molar-refractivity contribution in [1.29, 1.82) is 0 Å². The zero-order valence-corrected chi connectivity index (χ0v) is 17.9. The number of amides is 1. The van der Waals surface area contributed by atoms with E-state index in [4.69, 9.17) is 32.7 Å². The van der Waals surface area contributed by atoms with E-state index in [0.29, 0.717) is 34.5 Å². The zero-order chi connectivity index (χ0) is 21.6. The third kappa shape index (κ3) is 3.90. The Morgan fingerprint density at radius 3 is 2.47 bits per heavy atom. The van der Waals surface area contributed by atoms with Crippen molar-refractivity contribution in [2.24, 2.45) is 5.41 Å². The molecule has 1 atom stereocenters. The number of benzene rings is 2. The number of hydrogen-bond donors (Lipinski definition) is 0. The van der Waals surface area contributed by atoms with E-state index in [1.807, 2.05) is 13.8 Å². The molecule has 1 saturated heterocycles. The molecule has 2 aliphatic heterocycles. The molecule has 0 radical (unpaired) electrons. The summed E-state index contributed by atoms with van der Waals surface area (Å²) in [5, 5.41) is 12.1. The molecule has 9 heteroatoms. The first kappa shape index (κ1) is 21.1. The second-order valence-corrected chi connectivity index (χ2v) is 9.12. The lowest BCUT2D eigenvalue weighted by Gasteiger charge is -2.36. The molecule has 0 N–H and O–H groups in total. The van der Waals surface area contributed by atoms with E-state index in [1.165, 1.54) is 12.1 Å². The number of ether oxygens (including phenoxy) is 2. The fraction of sp³-hybridized carbons (Fsp3) is 0.381. The maximum atomic E-state index is 13.4. The molecule has 2 aromatic rings. The summed E-state index contributed by atoms with van der Waals surface area (Å²) in [7, 11) is 0. The summed E-state index contributed by atoms with van der Waals surface area (Å²) in [6, 6.07) is 9.57. The number of fused-ring (bicyclic) bond motifs is 1. The second-order valence-electron chi connectivity index (χ2n) is 8.31. The third-order valence-corrected chi connectivity index (χ3v) is 5.99. The van der Waals surface area contributed by atoms with Crippen LogP contribution >= 0.6 is 23.2 Å². The van der Waals surface area contributed by atoms with Crippen molar-refractivity contribution in [3.05, 3.63) is 67.7 Å². The van der Waals surface area contributed by atoms with Crippen LogP contribution in [0.1, 0.15) is 30.9 Å². The van der Waals surface area contributed by atoms with E-state index in [-0.39, 0.29) is 23.6 Å². The van der Waals surface area contributed by atoms with Crippen LogP contribution in [-0.4, -0.2) is 30.3 Å². The van der Waals surface area contributed by atoms with Gasteiger partial charge in [-0.05, 0) is 23.8 Å². The number of nitrogens with zero attached hydrogens (tertiary/aromatic N) is 2. The van der Waals surface area contributed by atoms with E-state index >= 15 is 0 Å². The van der Waals surface area contributed by atoms with Gasteiger partial charge in [-0.15, -0.1) is 0 Å². The first-order valence-electron chi connectivity index (χ1n) is 9.43. The van der Waals surface area contributed by atoms with Gasteiger partial charge < -0.3 is 14.4 Å². The van der Waals surface area contributed by atoms with Crippen molar-refractivity contribution in [2.75, 3.05) is 18.1 Å². The Morgan fingerprint density at radius 1 is 1.13 bits per heavy atom. The lowest BCUT2D eigenvalue weighted by Crippen LogP contribution is -2.43. The average molecular weight is 451 g/mol. The number of nitro benzene ring substituents is 1. The van der Waals surface area contributed by atoms with Crippen molar-refractivity contribution in [1.82, 2.24) is 0 Å². The molecule has 1 unspecified atom stereocenters. The fourth-order valence-corrected chi connectivity index (χ4v) is 4.04. The number of carbonyl (C=O) groups is 1. The predicted octanol–water partition coefficient (Wildman–Crippen LogP) is 4.93. The van der Waals surface area contributed by atoms with Crippen molar-refractivity contribution >= 4 is 40.5 Å². The molecule has 0 bridgehead atoms. The van der Waals surface area contributed by atoms with Crippen molar-refractivity contribution in [3.63, 3.8) is 0 Å². The van der Waals surface area contributed by atoms with Gasteiger partial charge in [-0.3, -0.25) is 14.9 Å². The highest BCUT2D eigenvalue weighted by Gasteiger charge is 2.46. The molecule has 30 heavy (non-hydrogen) atoms. The van der Waals surface area contributed by atoms with Gasteiger partial charge in [-0.2, -0.15) is 0 Å². The molecular formula is C21H20Cl2N2O5. The normalized spacial score (nSPS) is 21.0. The minimum Gasteiger partial charge on any atom is -0.351 e. The van der Waals surface area contributed by atoms with Gasteiger partial charge >= 0.3 is 0 Å². The van der Waals surface area contributed by atoms with Crippen LogP contribution in [-0.2, 0) is 20.8 Å². The Kier molecular flexibility index (Phi) is 5.48. The van der Waals surface area contributed by atoms with E-state index in [9.17, 15) is 14.9 Å². The lowest BCUT2D eigenvalue weighted by molar-refractivity contribution is -0.384. The maximum absolute atomic E-state index is 13.4. The highest BCUT2D eigenvalue weighted by atomic mass is 35.5. The Balaban J connectivity index is 1.70. The summed E-state index contributed by atoms with van der Waals surface area (Å²) in [5.41, 5.74) is 1.66. The molecule has 158 valence electrons. The zero-order valence-electron chi connectivity index (χ0n) is 16.4. The van der Waals surface area contributed by atoms with E-state index in [0.717, 1.165) is 5.56 Å². The van der Waals surface area contributed by atoms with Crippen LogP contribution in [0.5, 0.6) is 0 Å². The summed E-state index contributed by atoms with van der Waals surface area (Å²) in [6.07, 6.45) is -0.801. The summed E-state index contributed by atoms with van der Waals surface area (Å²) < 4.78 is 11.7. The van der Waals surface area contributed by atoms with Gasteiger partial charge in [0, 0.05) is 28.8 Å². The van der Waals surface area contributed by atoms with Crippen LogP contribution in [0.3, 0.4) is 0 Å². The number of halogens is 2. The first-order chi connectivity index (χ1) is 14.2. The van der Waals surface area contributed by atoms with Gasteiger partial charge in [0.15, 0.2) is 6.29 Å². The van der Waals surface area contributed by atoms with Crippen molar-refractivity contribution in [3.8, 4) is 0 Å². The Hall–Kier alpha value is -2.19. The molecule has 4 rings (SSSR count). The van der Waals surface area contributed by atoms with Gasteiger partial charge in [0.05, 0.1) is 34.7 Å². The average Bonchev–Trinajstić information content (AvgIpc) is 2.96. The quantitative estimate of drug-likeness (QED) is 0.486. The third-order valence-electron chi connectivity index (χ3n) is 5.25. The van der Waals surface area contributed by atoms with Gasteiger partial charge in [0.2, 0.25) is 5.91 Å². The largest absolute Gasteiger partial charge is 0.351 e. The Morgan fingerprint density at radius 2 is 1.83 bits per heavy atom. The molecule has 7 nitrogen and oxygen atoms in total. The molecule has 2 heterocycles. The van der Waals surface area contributed by atoms with Crippen LogP contribution in [0, 0.1) is 15.5 Å². The van der Waals surface area contributed by atoms with E-state index < -0.39 is 17.1 Å². The number of carbonyl (C=O) groups excluding carboxylic acids is 1. The number of hydrogen-bond acceptors (Lipinski definition) is 5. The summed E-state index contributed by atoms with van der Waals surface area (Å²) >= 11 is 12.1. The molecule has 0 aromatic heterocycles. The summed E-state index contributed by atoms with van der Waals surface area (Å²) in [6.45, 7) is 5.12. The van der Waals surface area contributed by atoms with Crippen LogP contribution in [0.4, 0.5) is 11.4 Å². The molecule has 1 amide bonds. The number of rotatable bonds is 4. The second kappa shape index (κ2) is 7.81. The minimum atomic E-state index is -0.801. The topological polar surface area (TPSA) is 81.9 Å². The molecule has 0 aliphatic carbocycles. The fourth-order valence-electron chi connectivity index (χ4n) is 3.71. The Bertz CT molecular complexity index is 1020. The minimum absolute atomic E-state index is 0.0842. The Labute approximate surface area is 183 Å². The molecule has 2 aliphatic rings. The number of anilines is 1.